The number of nitrogens with one attached hydrogen (secondary N) is 1. The lowest BCUT2D eigenvalue weighted by Gasteiger charge is -2.27. The molecule has 0 amide bonds. The normalized spacial score (nSPS) is 14.5. The number of hydrogen-bond donors (Lipinski definition) is 1. The zero-order chi connectivity index (χ0) is 9.90. The summed E-state index contributed by atoms with van der Waals surface area (Å²) >= 11 is 6.30. The molecule has 0 aromatic carbocycles. The number of H-pyrrole nitrogens is 1. The smallest absolute Gasteiger partial charge is 0.107 e. The second kappa shape index (κ2) is 4.14. The minimum atomic E-state index is 0.142. The molecular formula is C10H17ClN2. The van der Waals surface area contributed by atoms with E-state index in [9.17, 15) is 0 Å². The molecule has 2 nitrogen and oxygen atoms in total. The highest BCUT2D eigenvalue weighted by Crippen LogP contribution is 2.30. The summed E-state index contributed by atoms with van der Waals surface area (Å²) in [6.45, 7) is 6.54. The van der Waals surface area contributed by atoms with Gasteiger partial charge in [0.1, 0.15) is 5.82 Å². The minimum Gasteiger partial charge on any atom is -0.349 e. The summed E-state index contributed by atoms with van der Waals surface area (Å²) in [4.78, 5) is 7.23. The van der Waals surface area contributed by atoms with E-state index in [1.54, 1.807) is 6.20 Å². The number of imidazole rings is 1. The van der Waals surface area contributed by atoms with Crippen LogP contribution in [-0.4, -0.2) is 15.3 Å². The van der Waals surface area contributed by atoms with Crippen LogP contribution in [0.3, 0.4) is 0 Å². The van der Waals surface area contributed by atoms with Crippen molar-refractivity contribution in [2.24, 2.45) is 5.41 Å². The van der Waals surface area contributed by atoms with Crippen molar-refractivity contribution in [3.8, 4) is 0 Å². The van der Waals surface area contributed by atoms with Gasteiger partial charge >= 0.3 is 0 Å². The molecule has 1 rings (SSSR count). The second-order valence-corrected chi connectivity index (χ2v) is 4.58. The Bertz CT molecular complexity index is 241. The van der Waals surface area contributed by atoms with Gasteiger partial charge in [0, 0.05) is 24.2 Å². The maximum absolute atomic E-state index is 6.30. The van der Waals surface area contributed by atoms with Crippen molar-refractivity contribution in [1.29, 1.82) is 0 Å². The average Bonchev–Trinajstić information content (AvgIpc) is 2.57. The number of rotatable bonds is 4. The minimum absolute atomic E-state index is 0.142. The lowest BCUT2D eigenvalue weighted by Crippen LogP contribution is -2.26. The Morgan fingerprint density at radius 2 is 2.31 bits per heavy atom. The van der Waals surface area contributed by atoms with Crippen molar-refractivity contribution >= 4 is 11.6 Å². The summed E-state index contributed by atoms with van der Waals surface area (Å²) < 4.78 is 0. The molecule has 0 saturated carbocycles. The standard InChI is InChI=1S/C10H17ClN2/c1-4-10(2,3)8(11)7-9-12-5-6-13-9/h5-6,8H,4,7H2,1-3H3,(H,12,13). The fraction of sp³-hybridized carbons (Fsp3) is 0.700. The Balaban J connectivity index is 2.55. The van der Waals surface area contributed by atoms with Gasteiger partial charge in [-0.2, -0.15) is 0 Å². The van der Waals surface area contributed by atoms with Gasteiger partial charge in [0.2, 0.25) is 0 Å². The highest BCUT2D eigenvalue weighted by atomic mass is 35.5. The van der Waals surface area contributed by atoms with E-state index in [1.807, 2.05) is 6.20 Å². The molecule has 0 spiro atoms. The predicted molar refractivity (Wildman–Crippen MR) is 56.0 cm³/mol. The summed E-state index contributed by atoms with van der Waals surface area (Å²) in [5, 5.41) is 0.142. The van der Waals surface area contributed by atoms with E-state index >= 15 is 0 Å². The molecule has 0 aliphatic carbocycles. The van der Waals surface area contributed by atoms with Crippen LogP contribution in [0.25, 0.3) is 0 Å². The molecule has 1 heterocycles. The van der Waals surface area contributed by atoms with E-state index in [4.69, 9.17) is 11.6 Å². The average molecular weight is 201 g/mol. The molecular weight excluding hydrogens is 184 g/mol. The Kier molecular flexibility index (Phi) is 3.37. The zero-order valence-corrected chi connectivity index (χ0v) is 9.23. The van der Waals surface area contributed by atoms with Gasteiger partial charge < -0.3 is 4.98 Å². The topological polar surface area (TPSA) is 28.7 Å². The lowest BCUT2D eigenvalue weighted by molar-refractivity contribution is 0.327. The van der Waals surface area contributed by atoms with E-state index in [1.165, 1.54) is 0 Å². The Morgan fingerprint density at radius 3 is 2.77 bits per heavy atom. The van der Waals surface area contributed by atoms with Crippen LogP contribution in [0.4, 0.5) is 0 Å². The largest absolute Gasteiger partial charge is 0.349 e. The van der Waals surface area contributed by atoms with Gasteiger partial charge in [-0.1, -0.05) is 20.8 Å². The zero-order valence-electron chi connectivity index (χ0n) is 8.47. The number of halogens is 1. The molecule has 0 aliphatic rings. The first-order valence-corrected chi connectivity index (χ1v) is 5.12. The van der Waals surface area contributed by atoms with Crippen LogP contribution in [0.5, 0.6) is 0 Å². The molecule has 1 atom stereocenters. The van der Waals surface area contributed by atoms with Crippen LogP contribution in [-0.2, 0) is 6.42 Å². The van der Waals surface area contributed by atoms with E-state index in [0.29, 0.717) is 0 Å². The van der Waals surface area contributed by atoms with Crippen LogP contribution in [0.1, 0.15) is 33.0 Å². The number of aromatic amines is 1. The molecule has 3 heteroatoms. The maximum atomic E-state index is 6.30. The number of aromatic nitrogens is 2. The third kappa shape index (κ3) is 2.73. The number of nitrogens with zero attached hydrogens (tertiary/aromatic N) is 1. The third-order valence-corrected chi connectivity index (χ3v) is 3.43. The summed E-state index contributed by atoms with van der Waals surface area (Å²) in [6.07, 6.45) is 5.49. The Labute approximate surface area is 84.7 Å². The van der Waals surface area contributed by atoms with Gasteiger partial charge in [-0.3, -0.25) is 0 Å². The molecule has 13 heavy (non-hydrogen) atoms. The van der Waals surface area contributed by atoms with Crippen LogP contribution in [0.15, 0.2) is 12.4 Å². The van der Waals surface area contributed by atoms with E-state index in [2.05, 4.69) is 30.7 Å². The molecule has 0 radical (unpaired) electrons. The van der Waals surface area contributed by atoms with Crippen molar-refractivity contribution in [3.63, 3.8) is 0 Å². The van der Waals surface area contributed by atoms with Crippen LogP contribution < -0.4 is 0 Å². The Hall–Kier alpha value is -0.500. The van der Waals surface area contributed by atoms with E-state index in [0.717, 1.165) is 18.7 Å². The maximum Gasteiger partial charge on any atom is 0.107 e. The van der Waals surface area contributed by atoms with Crippen LogP contribution in [0, 0.1) is 5.41 Å². The second-order valence-electron chi connectivity index (χ2n) is 4.05. The molecule has 0 aliphatic heterocycles. The van der Waals surface area contributed by atoms with E-state index in [-0.39, 0.29) is 10.8 Å². The van der Waals surface area contributed by atoms with Crippen LogP contribution >= 0.6 is 11.6 Å². The van der Waals surface area contributed by atoms with Gasteiger partial charge in [0.05, 0.1) is 0 Å². The Morgan fingerprint density at radius 1 is 1.62 bits per heavy atom. The molecule has 1 N–H and O–H groups in total. The van der Waals surface area contributed by atoms with Crippen molar-refractivity contribution in [3.05, 3.63) is 18.2 Å². The first kappa shape index (κ1) is 10.6. The number of hydrogen-bond acceptors (Lipinski definition) is 1. The fourth-order valence-corrected chi connectivity index (χ4v) is 1.38. The highest BCUT2D eigenvalue weighted by Gasteiger charge is 2.26. The van der Waals surface area contributed by atoms with Gasteiger partial charge in [-0.05, 0) is 11.8 Å². The van der Waals surface area contributed by atoms with Crippen molar-refractivity contribution in [2.75, 3.05) is 0 Å². The van der Waals surface area contributed by atoms with Gasteiger partial charge in [-0.15, -0.1) is 11.6 Å². The van der Waals surface area contributed by atoms with Crippen molar-refractivity contribution < 1.29 is 0 Å². The quantitative estimate of drug-likeness (QED) is 0.744. The monoisotopic (exact) mass is 200 g/mol. The first-order chi connectivity index (χ1) is 6.06. The summed E-state index contributed by atoms with van der Waals surface area (Å²) in [5.74, 6) is 0.974. The highest BCUT2D eigenvalue weighted by molar-refractivity contribution is 6.21. The van der Waals surface area contributed by atoms with Gasteiger partial charge in [-0.25, -0.2) is 4.98 Å². The molecule has 1 aromatic rings. The van der Waals surface area contributed by atoms with Crippen molar-refractivity contribution in [1.82, 2.24) is 9.97 Å². The molecule has 74 valence electrons. The molecule has 1 unspecified atom stereocenters. The molecule has 0 saturated heterocycles. The molecule has 0 bridgehead atoms. The van der Waals surface area contributed by atoms with Crippen LogP contribution in [0.2, 0.25) is 0 Å². The van der Waals surface area contributed by atoms with Gasteiger partial charge in [0.15, 0.2) is 0 Å². The first-order valence-electron chi connectivity index (χ1n) is 4.68. The molecule has 0 fully saturated rings. The summed E-state index contributed by atoms with van der Waals surface area (Å²) in [6, 6.07) is 0. The summed E-state index contributed by atoms with van der Waals surface area (Å²) in [7, 11) is 0. The van der Waals surface area contributed by atoms with Crippen molar-refractivity contribution in [2.45, 2.75) is 39.0 Å². The SMILES string of the molecule is CCC(C)(C)C(Cl)Cc1ncc[nH]1. The fourth-order valence-electron chi connectivity index (χ4n) is 1.08. The van der Waals surface area contributed by atoms with Gasteiger partial charge in [0.25, 0.3) is 0 Å². The molecule has 1 aromatic heterocycles. The number of alkyl halides is 1. The predicted octanol–water partition coefficient (Wildman–Crippen LogP) is 3.00. The third-order valence-electron chi connectivity index (χ3n) is 2.69. The van der Waals surface area contributed by atoms with E-state index < -0.39 is 0 Å². The summed E-state index contributed by atoms with van der Waals surface area (Å²) in [5.41, 5.74) is 0.175. The lowest BCUT2D eigenvalue weighted by atomic mass is 9.84.